The number of hydrogen-bond acceptors (Lipinski definition) is 3. The fourth-order valence-electron chi connectivity index (χ4n) is 3.69. The Morgan fingerprint density at radius 2 is 2.19 bits per heavy atom. The quantitative estimate of drug-likeness (QED) is 0.584. The molecule has 0 spiro atoms. The minimum absolute atomic E-state index is 0.171. The van der Waals surface area contributed by atoms with Crippen LogP contribution in [0.4, 0.5) is 0 Å². The molecule has 1 heterocycles. The first-order chi connectivity index (χ1) is 9.90. The lowest BCUT2D eigenvalue weighted by Crippen LogP contribution is -2.40. The molecule has 2 aliphatic rings. The van der Waals surface area contributed by atoms with Gasteiger partial charge in [-0.15, -0.1) is 0 Å². The van der Waals surface area contributed by atoms with Gasteiger partial charge in [-0.05, 0) is 56.3 Å². The van der Waals surface area contributed by atoms with Crippen molar-refractivity contribution in [3.05, 3.63) is 35.1 Å². The first-order valence-electron chi connectivity index (χ1n) is 7.85. The highest BCUT2D eigenvalue weighted by molar-refractivity contribution is 5.92. The van der Waals surface area contributed by atoms with Crippen LogP contribution in [-0.2, 0) is 9.53 Å². The summed E-state index contributed by atoms with van der Waals surface area (Å²) in [4.78, 5) is 14.2. The van der Waals surface area contributed by atoms with Crippen molar-refractivity contribution in [2.75, 3.05) is 13.7 Å². The molecule has 1 aliphatic heterocycles. The Morgan fingerprint density at radius 3 is 2.76 bits per heavy atom. The Bertz CT molecular complexity index is 511. The van der Waals surface area contributed by atoms with Crippen molar-refractivity contribution < 1.29 is 9.53 Å². The van der Waals surface area contributed by atoms with Gasteiger partial charge in [0.2, 0.25) is 0 Å². The highest BCUT2D eigenvalue weighted by Gasteiger charge is 2.35. The van der Waals surface area contributed by atoms with E-state index in [-0.39, 0.29) is 17.4 Å². The molecule has 3 nitrogen and oxygen atoms in total. The summed E-state index contributed by atoms with van der Waals surface area (Å²) in [6.45, 7) is 9.97. The third-order valence-electron chi connectivity index (χ3n) is 4.76. The van der Waals surface area contributed by atoms with E-state index in [2.05, 4.69) is 38.7 Å². The number of rotatable bonds is 3. The van der Waals surface area contributed by atoms with Gasteiger partial charge in [0.25, 0.3) is 0 Å². The molecule has 1 aliphatic carbocycles. The van der Waals surface area contributed by atoms with Crippen LogP contribution in [0.5, 0.6) is 0 Å². The van der Waals surface area contributed by atoms with Crippen molar-refractivity contribution >= 4 is 5.97 Å². The lowest BCUT2D eigenvalue weighted by molar-refractivity contribution is -0.135. The molecule has 1 atom stereocenters. The largest absolute Gasteiger partial charge is 0.465 e. The molecular formula is C18H27NO2. The van der Waals surface area contributed by atoms with Crippen LogP contribution in [0.1, 0.15) is 47.0 Å². The van der Waals surface area contributed by atoms with Gasteiger partial charge in [0.1, 0.15) is 0 Å². The van der Waals surface area contributed by atoms with E-state index in [1.165, 1.54) is 31.1 Å². The Kier molecular flexibility index (Phi) is 4.60. The standard InChI is InChI=1S/C18H27NO2/c1-6-19-11-9-14(17(20)21-5)12-15(19)16-13(2)8-7-10-18(16,3)4/h9,11-12,15H,6-8,10H2,1-5H3. The second-order valence-electron chi connectivity index (χ2n) is 6.64. The highest BCUT2D eigenvalue weighted by atomic mass is 16.5. The second kappa shape index (κ2) is 6.08. The summed E-state index contributed by atoms with van der Waals surface area (Å²) >= 11 is 0. The smallest absolute Gasteiger partial charge is 0.337 e. The molecule has 3 heteroatoms. The predicted molar refractivity (Wildman–Crippen MR) is 85.7 cm³/mol. The highest BCUT2D eigenvalue weighted by Crippen LogP contribution is 2.44. The van der Waals surface area contributed by atoms with Crippen LogP contribution < -0.4 is 0 Å². The first kappa shape index (κ1) is 15.9. The Hall–Kier alpha value is -1.51. The molecule has 116 valence electrons. The van der Waals surface area contributed by atoms with E-state index >= 15 is 0 Å². The maximum atomic E-state index is 11.9. The Labute approximate surface area is 128 Å². The van der Waals surface area contributed by atoms with E-state index in [1.54, 1.807) is 0 Å². The molecule has 0 aromatic rings. The summed E-state index contributed by atoms with van der Waals surface area (Å²) in [6.07, 6.45) is 9.59. The molecule has 0 saturated heterocycles. The van der Waals surface area contributed by atoms with E-state index in [1.807, 2.05) is 12.3 Å². The molecule has 0 N–H and O–H groups in total. The summed E-state index contributed by atoms with van der Waals surface area (Å²) in [5.74, 6) is -0.251. The maximum absolute atomic E-state index is 11.9. The van der Waals surface area contributed by atoms with Crippen molar-refractivity contribution in [2.45, 2.75) is 53.0 Å². The molecule has 0 fully saturated rings. The van der Waals surface area contributed by atoms with Crippen molar-refractivity contribution in [1.29, 1.82) is 0 Å². The predicted octanol–water partition coefficient (Wildman–Crippen LogP) is 3.83. The van der Waals surface area contributed by atoms with Crippen LogP contribution in [0, 0.1) is 5.41 Å². The second-order valence-corrected chi connectivity index (χ2v) is 6.64. The van der Waals surface area contributed by atoms with Crippen LogP contribution in [0.15, 0.2) is 35.1 Å². The number of esters is 1. The number of carbonyl (C=O) groups is 1. The molecule has 1 unspecified atom stereocenters. The fraction of sp³-hybridized carbons (Fsp3) is 0.611. The Balaban J connectivity index is 2.45. The van der Waals surface area contributed by atoms with Crippen LogP contribution >= 0.6 is 0 Å². The third-order valence-corrected chi connectivity index (χ3v) is 4.76. The monoisotopic (exact) mass is 289 g/mol. The lowest BCUT2D eigenvalue weighted by Gasteiger charge is -2.43. The van der Waals surface area contributed by atoms with Gasteiger partial charge in [0.15, 0.2) is 0 Å². The SMILES string of the molecule is CCN1C=CC(C(=O)OC)=CC1C1=C(C)CCCC1(C)C. The summed E-state index contributed by atoms with van der Waals surface area (Å²) in [5.41, 5.74) is 3.80. The van der Waals surface area contributed by atoms with Crippen LogP contribution in [0.25, 0.3) is 0 Å². The van der Waals surface area contributed by atoms with Crippen LogP contribution in [0.3, 0.4) is 0 Å². The molecule has 0 saturated carbocycles. The minimum atomic E-state index is -0.251. The topological polar surface area (TPSA) is 29.5 Å². The maximum Gasteiger partial charge on any atom is 0.337 e. The molecule has 0 amide bonds. The molecular weight excluding hydrogens is 262 g/mol. The normalized spacial score (nSPS) is 24.9. The Morgan fingerprint density at radius 1 is 1.48 bits per heavy atom. The third kappa shape index (κ3) is 3.07. The number of hydrogen-bond donors (Lipinski definition) is 0. The van der Waals surface area contributed by atoms with Gasteiger partial charge in [0, 0.05) is 12.7 Å². The zero-order chi connectivity index (χ0) is 15.6. The van der Waals surface area contributed by atoms with Gasteiger partial charge in [-0.25, -0.2) is 4.79 Å². The number of likely N-dealkylation sites (N-methyl/N-ethyl adjacent to an activating group) is 1. The summed E-state index contributed by atoms with van der Waals surface area (Å²) in [5, 5.41) is 0. The zero-order valence-corrected chi connectivity index (χ0v) is 13.9. The number of carbonyl (C=O) groups excluding carboxylic acids is 1. The number of ether oxygens (including phenoxy) is 1. The van der Waals surface area contributed by atoms with Gasteiger partial charge in [-0.3, -0.25) is 0 Å². The van der Waals surface area contributed by atoms with Crippen molar-refractivity contribution in [3.63, 3.8) is 0 Å². The fourth-order valence-corrected chi connectivity index (χ4v) is 3.69. The van der Waals surface area contributed by atoms with Crippen LogP contribution in [0.2, 0.25) is 0 Å². The van der Waals surface area contributed by atoms with E-state index in [9.17, 15) is 4.79 Å². The van der Waals surface area contributed by atoms with E-state index in [0.29, 0.717) is 5.57 Å². The van der Waals surface area contributed by atoms with E-state index in [4.69, 9.17) is 4.74 Å². The average molecular weight is 289 g/mol. The minimum Gasteiger partial charge on any atom is -0.465 e. The van der Waals surface area contributed by atoms with Crippen molar-refractivity contribution in [1.82, 2.24) is 4.90 Å². The van der Waals surface area contributed by atoms with Gasteiger partial charge < -0.3 is 9.64 Å². The molecule has 2 rings (SSSR count). The average Bonchev–Trinajstić information content (AvgIpc) is 2.45. The van der Waals surface area contributed by atoms with Crippen molar-refractivity contribution in [2.24, 2.45) is 5.41 Å². The molecule has 21 heavy (non-hydrogen) atoms. The van der Waals surface area contributed by atoms with Gasteiger partial charge in [-0.2, -0.15) is 0 Å². The summed E-state index contributed by atoms with van der Waals surface area (Å²) in [7, 11) is 1.44. The molecule has 0 aromatic carbocycles. The van der Waals surface area contributed by atoms with Gasteiger partial charge >= 0.3 is 5.97 Å². The van der Waals surface area contributed by atoms with Crippen molar-refractivity contribution in [3.8, 4) is 0 Å². The number of allylic oxidation sites excluding steroid dienone is 1. The number of methoxy groups -OCH3 is 1. The summed E-state index contributed by atoms with van der Waals surface area (Å²) < 4.78 is 4.88. The molecule has 0 bridgehead atoms. The molecule has 0 radical (unpaired) electrons. The number of nitrogens with zero attached hydrogens (tertiary/aromatic N) is 1. The molecule has 0 aromatic heterocycles. The van der Waals surface area contributed by atoms with Crippen LogP contribution in [-0.4, -0.2) is 30.6 Å². The van der Waals surface area contributed by atoms with E-state index in [0.717, 1.165) is 13.0 Å². The van der Waals surface area contributed by atoms with E-state index < -0.39 is 0 Å². The lowest BCUT2D eigenvalue weighted by atomic mass is 9.69. The van der Waals surface area contributed by atoms with Gasteiger partial charge in [0.05, 0.1) is 18.7 Å². The zero-order valence-electron chi connectivity index (χ0n) is 13.9. The first-order valence-corrected chi connectivity index (χ1v) is 7.85. The summed E-state index contributed by atoms with van der Waals surface area (Å²) in [6, 6.07) is 0.171. The van der Waals surface area contributed by atoms with Gasteiger partial charge in [-0.1, -0.05) is 19.4 Å².